The van der Waals surface area contributed by atoms with Crippen molar-refractivity contribution in [3.05, 3.63) is 24.0 Å². The summed E-state index contributed by atoms with van der Waals surface area (Å²) < 4.78 is 18.3. The van der Waals surface area contributed by atoms with Crippen LogP contribution in [0.25, 0.3) is 0 Å². The molecule has 0 aromatic heterocycles. The zero-order valence-electron chi connectivity index (χ0n) is 7.66. The molecule has 0 aliphatic carbocycles. The van der Waals surface area contributed by atoms with Crippen LogP contribution in [0.3, 0.4) is 0 Å². The molecule has 2 N–H and O–H groups in total. The van der Waals surface area contributed by atoms with Gasteiger partial charge in [-0.1, -0.05) is 0 Å². The highest BCUT2D eigenvalue weighted by atomic mass is 19.1. The lowest BCUT2D eigenvalue weighted by Crippen LogP contribution is -2.32. The first kappa shape index (κ1) is 9.27. The van der Waals surface area contributed by atoms with E-state index in [0.29, 0.717) is 24.5 Å². The first-order valence-corrected chi connectivity index (χ1v) is 4.59. The molecule has 0 saturated heterocycles. The van der Waals surface area contributed by atoms with Crippen molar-refractivity contribution in [3.8, 4) is 5.75 Å². The Hall–Kier alpha value is -1.29. The van der Waals surface area contributed by atoms with Crippen LogP contribution in [-0.2, 0) is 0 Å². The molecular weight excluding hydrogens is 185 g/mol. The van der Waals surface area contributed by atoms with Crippen LogP contribution >= 0.6 is 0 Å². The van der Waals surface area contributed by atoms with Gasteiger partial charge < -0.3 is 15.2 Å². The maximum Gasteiger partial charge on any atom is 0.142 e. The number of nitrogens with one attached hydrogen (secondary N) is 1. The van der Waals surface area contributed by atoms with Crippen LogP contribution in [0.15, 0.2) is 18.2 Å². The van der Waals surface area contributed by atoms with Gasteiger partial charge in [0, 0.05) is 12.7 Å². The summed E-state index contributed by atoms with van der Waals surface area (Å²) in [5, 5.41) is 11.9. The first-order valence-electron chi connectivity index (χ1n) is 4.59. The number of halogens is 1. The Morgan fingerprint density at radius 1 is 1.57 bits per heavy atom. The van der Waals surface area contributed by atoms with Gasteiger partial charge in [0.25, 0.3) is 0 Å². The van der Waals surface area contributed by atoms with Gasteiger partial charge in [-0.3, -0.25) is 0 Å². The molecule has 4 heteroatoms. The van der Waals surface area contributed by atoms with E-state index >= 15 is 0 Å². The maximum absolute atomic E-state index is 12.9. The number of hydrogen-bond acceptors (Lipinski definition) is 3. The van der Waals surface area contributed by atoms with Crippen LogP contribution in [0.5, 0.6) is 5.75 Å². The fraction of sp³-hybridized carbons (Fsp3) is 0.400. The number of ether oxygens (including phenoxy) is 1. The van der Waals surface area contributed by atoms with E-state index in [1.807, 2.05) is 0 Å². The van der Waals surface area contributed by atoms with E-state index in [1.54, 1.807) is 6.07 Å². The second-order valence-corrected chi connectivity index (χ2v) is 3.31. The smallest absolute Gasteiger partial charge is 0.142 e. The van der Waals surface area contributed by atoms with E-state index in [-0.39, 0.29) is 18.5 Å². The Labute approximate surface area is 81.5 Å². The van der Waals surface area contributed by atoms with E-state index in [2.05, 4.69) is 5.32 Å². The monoisotopic (exact) mass is 197 g/mol. The van der Waals surface area contributed by atoms with E-state index in [1.165, 1.54) is 12.1 Å². The number of fused-ring (bicyclic) bond motifs is 1. The minimum absolute atomic E-state index is 0.0642. The molecule has 0 amide bonds. The average molecular weight is 197 g/mol. The van der Waals surface area contributed by atoms with E-state index in [9.17, 15) is 4.39 Å². The van der Waals surface area contributed by atoms with E-state index in [0.717, 1.165) is 0 Å². The van der Waals surface area contributed by atoms with Crippen molar-refractivity contribution in [1.29, 1.82) is 0 Å². The minimum atomic E-state index is -0.288. The van der Waals surface area contributed by atoms with Crippen molar-refractivity contribution in [3.63, 3.8) is 0 Å². The van der Waals surface area contributed by atoms with Crippen LogP contribution in [0.2, 0.25) is 0 Å². The van der Waals surface area contributed by atoms with Gasteiger partial charge in [0.05, 0.1) is 11.7 Å². The predicted molar refractivity (Wildman–Crippen MR) is 51.0 cm³/mol. The molecule has 0 bridgehead atoms. The summed E-state index contributed by atoms with van der Waals surface area (Å²) in [6.45, 7) is 0.616. The van der Waals surface area contributed by atoms with Gasteiger partial charge in [0.2, 0.25) is 0 Å². The summed E-state index contributed by atoms with van der Waals surface area (Å²) in [5.41, 5.74) is 0.662. The highest BCUT2D eigenvalue weighted by Gasteiger charge is 2.18. The van der Waals surface area contributed by atoms with Crippen molar-refractivity contribution >= 4 is 5.69 Å². The molecule has 1 heterocycles. The van der Waals surface area contributed by atoms with Gasteiger partial charge in [0.1, 0.15) is 18.2 Å². The number of benzene rings is 1. The van der Waals surface area contributed by atoms with Gasteiger partial charge >= 0.3 is 0 Å². The molecule has 0 fully saturated rings. The number of aliphatic hydroxyl groups is 1. The zero-order chi connectivity index (χ0) is 9.97. The molecular formula is C10H12FNO2. The molecule has 3 nitrogen and oxygen atoms in total. The van der Waals surface area contributed by atoms with Crippen LogP contribution in [0.1, 0.15) is 6.42 Å². The fourth-order valence-electron chi connectivity index (χ4n) is 1.50. The molecule has 0 radical (unpaired) electrons. The van der Waals surface area contributed by atoms with Gasteiger partial charge in [-0.25, -0.2) is 4.39 Å². The third kappa shape index (κ3) is 1.80. The molecule has 1 aliphatic heterocycles. The Morgan fingerprint density at radius 3 is 3.21 bits per heavy atom. The van der Waals surface area contributed by atoms with Gasteiger partial charge in [-0.15, -0.1) is 0 Å². The van der Waals surface area contributed by atoms with Crippen molar-refractivity contribution in [2.75, 3.05) is 18.5 Å². The third-order valence-corrected chi connectivity index (χ3v) is 2.22. The lowest BCUT2D eigenvalue weighted by molar-refractivity contribution is 0.233. The van der Waals surface area contributed by atoms with E-state index < -0.39 is 0 Å². The summed E-state index contributed by atoms with van der Waals surface area (Å²) in [6, 6.07) is 4.44. The van der Waals surface area contributed by atoms with Crippen molar-refractivity contribution in [1.82, 2.24) is 0 Å². The second-order valence-electron chi connectivity index (χ2n) is 3.31. The highest BCUT2D eigenvalue weighted by molar-refractivity contribution is 5.58. The molecule has 1 atom stereocenters. The molecule has 0 unspecified atom stereocenters. The zero-order valence-corrected chi connectivity index (χ0v) is 7.66. The summed E-state index contributed by atoms with van der Waals surface area (Å²) in [7, 11) is 0. The molecule has 2 rings (SSSR count). The topological polar surface area (TPSA) is 41.5 Å². The molecule has 1 aromatic carbocycles. The average Bonchev–Trinajstić information content (AvgIpc) is 2.17. The highest BCUT2D eigenvalue weighted by Crippen LogP contribution is 2.29. The Balaban J connectivity index is 2.16. The maximum atomic E-state index is 12.9. The molecule has 0 spiro atoms. The molecule has 76 valence electrons. The summed E-state index contributed by atoms with van der Waals surface area (Å²) in [6.07, 6.45) is 0.607. The Morgan fingerprint density at radius 2 is 2.43 bits per heavy atom. The largest absolute Gasteiger partial charge is 0.489 e. The van der Waals surface area contributed by atoms with Crippen LogP contribution < -0.4 is 10.1 Å². The van der Waals surface area contributed by atoms with Crippen LogP contribution in [-0.4, -0.2) is 24.4 Å². The fourth-order valence-corrected chi connectivity index (χ4v) is 1.50. The quantitative estimate of drug-likeness (QED) is 0.752. The van der Waals surface area contributed by atoms with E-state index in [4.69, 9.17) is 9.84 Å². The molecule has 1 aliphatic rings. The minimum Gasteiger partial charge on any atom is -0.489 e. The Bertz CT molecular complexity index is 330. The number of rotatable bonds is 2. The first-order chi connectivity index (χ1) is 6.79. The van der Waals surface area contributed by atoms with Crippen LogP contribution in [0, 0.1) is 5.82 Å². The molecule has 0 saturated carbocycles. The summed E-state index contributed by atoms with van der Waals surface area (Å²) in [5.74, 6) is 0.380. The molecule has 1 aromatic rings. The van der Waals surface area contributed by atoms with Gasteiger partial charge in [0.15, 0.2) is 0 Å². The SMILES string of the molecule is OCC[C@H]1COc2ccc(F)cc2N1. The normalized spacial score (nSPS) is 19.4. The van der Waals surface area contributed by atoms with Crippen LogP contribution in [0.4, 0.5) is 10.1 Å². The second kappa shape index (κ2) is 3.84. The number of anilines is 1. The van der Waals surface area contributed by atoms with Crippen molar-refractivity contribution in [2.45, 2.75) is 12.5 Å². The van der Waals surface area contributed by atoms with Gasteiger partial charge in [-0.05, 0) is 18.6 Å². The number of aliphatic hydroxyl groups excluding tert-OH is 1. The predicted octanol–water partition coefficient (Wildman–Crippen LogP) is 1.38. The number of hydrogen-bond donors (Lipinski definition) is 2. The summed E-state index contributed by atoms with van der Waals surface area (Å²) in [4.78, 5) is 0. The van der Waals surface area contributed by atoms with Gasteiger partial charge in [-0.2, -0.15) is 0 Å². The Kier molecular flexibility index (Phi) is 2.54. The standard InChI is InChI=1S/C10H12FNO2/c11-7-1-2-10-9(5-7)12-8(3-4-13)6-14-10/h1-2,5,8,12-13H,3-4,6H2/t8-/m0/s1. The molecule has 14 heavy (non-hydrogen) atoms. The third-order valence-electron chi connectivity index (χ3n) is 2.22. The lowest BCUT2D eigenvalue weighted by Gasteiger charge is -2.26. The lowest BCUT2D eigenvalue weighted by atomic mass is 10.1. The summed E-state index contributed by atoms with van der Waals surface area (Å²) >= 11 is 0. The van der Waals surface area contributed by atoms with Crippen molar-refractivity contribution < 1.29 is 14.2 Å². The van der Waals surface area contributed by atoms with Crippen molar-refractivity contribution in [2.24, 2.45) is 0 Å².